The maximum Gasteiger partial charge on any atom is 0.346 e. The molecule has 7 heteroatoms. The Balaban J connectivity index is 1.78. The number of urea groups is 1. The molecular weight excluding hydrogens is 294 g/mol. The Morgan fingerprint density at radius 3 is 2.61 bits per heavy atom. The Hall–Kier alpha value is -2.57. The Labute approximate surface area is 134 Å². The lowest BCUT2D eigenvalue weighted by Gasteiger charge is -2.23. The number of amides is 2. The van der Waals surface area contributed by atoms with E-state index in [1.165, 1.54) is 4.68 Å². The Morgan fingerprint density at radius 2 is 1.91 bits per heavy atom. The van der Waals surface area contributed by atoms with Gasteiger partial charge in [0.15, 0.2) is 0 Å². The maximum absolute atomic E-state index is 12.5. The lowest BCUT2D eigenvalue weighted by molar-refractivity contribution is 0.172. The van der Waals surface area contributed by atoms with Crippen molar-refractivity contribution >= 4 is 6.03 Å². The predicted octanol–water partition coefficient (Wildman–Crippen LogP) is 0.633. The molecule has 7 nitrogen and oxygen atoms in total. The van der Waals surface area contributed by atoms with E-state index in [1.807, 2.05) is 30.3 Å². The molecule has 1 aromatic heterocycles. The summed E-state index contributed by atoms with van der Waals surface area (Å²) in [6, 6.07) is 9.78. The summed E-state index contributed by atoms with van der Waals surface area (Å²) in [6.45, 7) is 2.07. The second kappa shape index (κ2) is 6.28. The molecule has 0 bridgehead atoms. The van der Waals surface area contributed by atoms with Crippen LogP contribution >= 0.6 is 0 Å². The van der Waals surface area contributed by atoms with E-state index in [4.69, 9.17) is 0 Å². The highest BCUT2D eigenvalue weighted by Crippen LogP contribution is 2.07. The fourth-order valence-corrected chi connectivity index (χ4v) is 2.80. The van der Waals surface area contributed by atoms with Gasteiger partial charge in [-0.25, -0.2) is 14.3 Å². The van der Waals surface area contributed by atoms with Gasteiger partial charge in [0.1, 0.15) is 5.82 Å². The number of carbonyl (C=O) groups is 1. The van der Waals surface area contributed by atoms with Crippen LogP contribution in [0.2, 0.25) is 0 Å². The second-order valence-corrected chi connectivity index (χ2v) is 5.91. The number of rotatable bonds is 2. The van der Waals surface area contributed by atoms with Crippen LogP contribution < -0.4 is 5.69 Å². The zero-order valence-electron chi connectivity index (χ0n) is 13.5. The van der Waals surface area contributed by atoms with Crippen LogP contribution in [-0.4, -0.2) is 57.4 Å². The fraction of sp³-hybridized carbons (Fsp3) is 0.438. The summed E-state index contributed by atoms with van der Waals surface area (Å²) < 4.78 is 3.19. The molecular formula is C16H21N5O2. The zero-order valence-corrected chi connectivity index (χ0v) is 13.5. The highest BCUT2D eigenvalue weighted by atomic mass is 16.2. The Bertz CT molecular complexity index is 748. The number of benzene rings is 1. The van der Waals surface area contributed by atoms with E-state index in [0.29, 0.717) is 32.6 Å². The van der Waals surface area contributed by atoms with Crippen LogP contribution in [0.5, 0.6) is 0 Å². The van der Waals surface area contributed by atoms with Gasteiger partial charge >= 0.3 is 11.7 Å². The monoisotopic (exact) mass is 315 g/mol. The molecule has 3 rings (SSSR count). The summed E-state index contributed by atoms with van der Waals surface area (Å²) in [7, 11) is 3.47. The minimum absolute atomic E-state index is 0.0274. The molecule has 0 saturated carbocycles. The molecule has 122 valence electrons. The molecule has 2 aromatic rings. The quantitative estimate of drug-likeness (QED) is 0.817. The largest absolute Gasteiger partial charge is 0.346 e. The molecule has 0 saturated heterocycles. The molecule has 0 unspecified atom stereocenters. The molecule has 1 aromatic carbocycles. The van der Waals surface area contributed by atoms with Gasteiger partial charge in [0, 0.05) is 40.2 Å². The lowest BCUT2D eigenvalue weighted by Crippen LogP contribution is -2.41. The van der Waals surface area contributed by atoms with Crippen LogP contribution in [0.1, 0.15) is 11.4 Å². The van der Waals surface area contributed by atoms with Crippen molar-refractivity contribution < 1.29 is 4.79 Å². The average molecular weight is 315 g/mol. The summed E-state index contributed by atoms with van der Waals surface area (Å²) in [6.07, 6.45) is 0.594. The van der Waals surface area contributed by atoms with E-state index in [9.17, 15) is 9.59 Å². The van der Waals surface area contributed by atoms with Gasteiger partial charge in [-0.3, -0.25) is 4.57 Å². The summed E-state index contributed by atoms with van der Waals surface area (Å²) in [5.41, 5.74) is 0.940. The molecule has 0 radical (unpaired) electrons. The number of nitrogens with zero attached hydrogens (tertiary/aromatic N) is 5. The van der Waals surface area contributed by atoms with E-state index >= 15 is 0 Å². The number of hydrogen-bond acceptors (Lipinski definition) is 3. The molecule has 1 aliphatic rings. The molecule has 2 amide bonds. The number of fused-ring (bicyclic) bond motifs is 1. The van der Waals surface area contributed by atoms with Crippen LogP contribution in [-0.2, 0) is 19.5 Å². The highest BCUT2D eigenvalue weighted by molar-refractivity contribution is 5.73. The van der Waals surface area contributed by atoms with Crippen molar-refractivity contribution in [3.8, 4) is 0 Å². The SMILES string of the molecule is CN(C)C(=O)N1CCc2nn(Cc3ccccc3)c(=O)n2CC1. The fourth-order valence-electron chi connectivity index (χ4n) is 2.80. The first-order valence-electron chi connectivity index (χ1n) is 7.73. The molecule has 1 aliphatic heterocycles. The number of aromatic nitrogens is 3. The van der Waals surface area contributed by atoms with Gasteiger partial charge in [0.2, 0.25) is 0 Å². The minimum atomic E-state index is -0.108. The van der Waals surface area contributed by atoms with Gasteiger partial charge in [0.25, 0.3) is 0 Å². The Morgan fingerprint density at radius 1 is 1.17 bits per heavy atom. The molecule has 0 atom stereocenters. The number of carbonyl (C=O) groups excluding carboxylic acids is 1. The molecule has 23 heavy (non-hydrogen) atoms. The minimum Gasteiger partial charge on any atom is -0.331 e. The number of hydrogen-bond donors (Lipinski definition) is 0. The molecule has 0 N–H and O–H groups in total. The first-order valence-corrected chi connectivity index (χ1v) is 7.73. The second-order valence-electron chi connectivity index (χ2n) is 5.91. The van der Waals surface area contributed by atoms with Crippen molar-refractivity contribution in [1.82, 2.24) is 24.1 Å². The van der Waals surface area contributed by atoms with Crippen molar-refractivity contribution in [3.05, 3.63) is 52.2 Å². The third-order valence-electron chi connectivity index (χ3n) is 4.03. The first kappa shape index (κ1) is 15.3. The standard InChI is InChI=1S/C16H21N5O2/c1-18(2)15(22)19-9-8-14-17-21(16(23)20(14)11-10-19)12-13-6-4-3-5-7-13/h3-7H,8-12H2,1-2H3. The summed E-state index contributed by atoms with van der Waals surface area (Å²) in [5, 5.41) is 4.46. The third kappa shape index (κ3) is 3.13. The van der Waals surface area contributed by atoms with Crippen molar-refractivity contribution in [2.24, 2.45) is 0 Å². The van der Waals surface area contributed by atoms with Crippen LogP contribution in [0.3, 0.4) is 0 Å². The molecule has 0 spiro atoms. The topological polar surface area (TPSA) is 63.4 Å². The van der Waals surface area contributed by atoms with E-state index in [1.54, 1.807) is 28.5 Å². The van der Waals surface area contributed by atoms with Crippen molar-refractivity contribution in [2.45, 2.75) is 19.5 Å². The van der Waals surface area contributed by atoms with E-state index in [-0.39, 0.29) is 11.7 Å². The summed E-state index contributed by atoms with van der Waals surface area (Å²) >= 11 is 0. The summed E-state index contributed by atoms with van der Waals surface area (Å²) in [4.78, 5) is 27.9. The van der Waals surface area contributed by atoms with Gasteiger partial charge < -0.3 is 9.80 Å². The van der Waals surface area contributed by atoms with Gasteiger partial charge in [0.05, 0.1) is 6.54 Å². The lowest BCUT2D eigenvalue weighted by atomic mass is 10.2. The van der Waals surface area contributed by atoms with Crippen LogP contribution in [0.15, 0.2) is 35.1 Å². The molecule has 0 aliphatic carbocycles. The highest BCUT2D eigenvalue weighted by Gasteiger charge is 2.23. The van der Waals surface area contributed by atoms with Crippen LogP contribution in [0.25, 0.3) is 0 Å². The zero-order chi connectivity index (χ0) is 16.4. The summed E-state index contributed by atoms with van der Waals surface area (Å²) in [5.74, 6) is 0.750. The van der Waals surface area contributed by atoms with E-state index in [2.05, 4.69) is 5.10 Å². The van der Waals surface area contributed by atoms with Gasteiger partial charge in [-0.05, 0) is 5.56 Å². The van der Waals surface area contributed by atoms with Crippen molar-refractivity contribution in [3.63, 3.8) is 0 Å². The predicted molar refractivity (Wildman–Crippen MR) is 86.4 cm³/mol. The van der Waals surface area contributed by atoms with Crippen LogP contribution in [0, 0.1) is 0 Å². The maximum atomic E-state index is 12.5. The van der Waals surface area contributed by atoms with Gasteiger partial charge in [-0.2, -0.15) is 5.10 Å². The van der Waals surface area contributed by atoms with Crippen molar-refractivity contribution in [1.29, 1.82) is 0 Å². The van der Waals surface area contributed by atoms with Gasteiger partial charge in [-0.15, -0.1) is 0 Å². The average Bonchev–Trinajstić information content (AvgIpc) is 2.73. The Kier molecular flexibility index (Phi) is 4.18. The third-order valence-corrected chi connectivity index (χ3v) is 4.03. The van der Waals surface area contributed by atoms with Gasteiger partial charge in [-0.1, -0.05) is 30.3 Å². The molecule has 0 fully saturated rings. The van der Waals surface area contributed by atoms with E-state index < -0.39 is 0 Å². The van der Waals surface area contributed by atoms with Crippen molar-refractivity contribution in [2.75, 3.05) is 27.2 Å². The van der Waals surface area contributed by atoms with Crippen LogP contribution in [0.4, 0.5) is 4.79 Å². The van der Waals surface area contributed by atoms with E-state index in [0.717, 1.165) is 11.4 Å². The normalized spacial score (nSPS) is 14.3. The first-order chi connectivity index (χ1) is 11.1. The smallest absolute Gasteiger partial charge is 0.331 e. The molecule has 2 heterocycles.